The number of rotatable bonds is 4. The molecule has 2 nitrogen and oxygen atoms in total. The number of likely N-dealkylation sites (N-methyl/N-ethyl adjacent to an activating group) is 1. The minimum atomic E-state index is -0.648. The average molecular weight is 474 g/mol. The van der Waals surface area contributed by atoms with Crippen LogP contribution < -0.4 is 0 Å². The van der Waals surface area contributed by atoms with Crippen molar-refractivity contribution in [2.45, 2.75) is 67.3 Å². The molecule has 1 heterocycles. The molecule has 1 aliphatic rings. The Morgan fingerprint density at radius 3 is 1.56 bits per heavy atom. The molecular weight excluding hydrogens is 428 g/mol. The van der Waals surface area contributed by atoms with Crippen LogP contribution in [0.4, 0.5) is 0 Å². The summed E-state index contributed by atoms with van der Waals surface area (Å²) in [6.45, 7) is 16.1. The summed E-state index contributed by atoms with van der Waals surface area (Å²) in [6.07, 6.45) is 6.70. The van der Waals surface area contributed by atoms with E-state index in [1.54, 1.807) is 0 Å². The van der Waals surface area contributed by atoms with Gasteiger partial charge in [0.05, 0.1) is 0 Å². The van der Waals surface area contributed by atoms with Gasteiger partial charge in [0, 0.05) is 26.3 Å². The van der Waals surface area contributed by atoms with Crippen molar-refractivity contribution in [3.05, 3.63) is 24.0 Å². The van der Waals surface area contributed by atoms with Gasteiger partial charge >= 0.3 is 47.0 Å². The summed E-state index contributed by atoms with van der Waals surface area (Å²) in [7, 11) is 3.72. The Morgan fingerprint density at radius 2 is 1.40 bits per heavy atom. The van der Waals surface area contributed by atoms with Crippen LogP contribution in [-0.2, 0) is 0 Å². The third-order valence-electron chi connectivity index (χ3n) is 2.99. The van der Waals surface area contributed by atoms with Gasteiger partial charge in [-0.05, 0) is 57.6 Å². The average Bonchev–Trinajstić information content (AvgIpc) is 2.34. The Balaban J connectivity index is 0. The summed E-state index contributed by atoms with van der Waals surface area (Å²) in [4.78, 5) is 2.15. The van der Waals surface area contributed by atoms with E-state index in [1.807, 2.05) is 0 Å². The van der Waals surface area contributed by atoms with Gasteiger partial charge in [0.25, 0.3) is 0 Å². The van der Waals surface area contributed by atoms with Crippen molar-refractivity contribution in [1.29, 1.82) is 0 Å². The Bertz CT molecular complexity index is 400. The van der Waals surface area contributed by atoms with Gasteiger partial charge in [0.1, 0.15) is 0 Å². The Labute approximate surface area is 173 Å². The van der Waals surface area contributed by atoms with Gasteiger partial charge in [-0.3, -0.25) is 0 Å². The van der Waals surface area contributed by atoms with Crippen molar-refractivity contribution in [2.24, 2.45) is 0 Å². The first-order valence-corrected chi connectivity index (χ1v) is 30.4. The van der Waals surface area contributed by atoms with Crippen molar-refractivity contribution in [3.8, 4) is 0 Å². The third kappa shape index (κ3) is 21.3. The van der Waals surface area contributed by atoms with E-state index in [2.05, 4.69) is 109 Å². The van der Waals surface area contributed by atoms with Crippen molar-refractivity contribution >= 4 is 53.7 Å². The molecule has 0 aromatic rings. The van der Waals surface area contributed by atoms with Gasteiger partial charge in [0.15, 0.2) is 0 Å². The summed E-state index contributed by atoms with van der Waals surface area (Å²) in [5.41, 5.74) is 8.38. The number of hydrogen-bond donors (Lipinski definition) is 0. The van der Waals surface area contributed by atoms with Crippen LogP contribution in [0.3, 0.4) is 0 Å². The molecule has 0 fully saturated rings. The number of nitrogens with zero attached hydrogens (tertiary/aromatic N) is 2. The van der Waals surface area contributed by atoms with Gasteiger partial charge in [-0.1, -0.05) is 19.2 Å². The second kappa shape index (κ2) is 13.3. The predicted octanol–water partition coefficient (Wildman–Crippen LogP) is 5.95. The summed E-state index contributed by atoms with van der Waals surface area (Å²) in [6, 6.07) is 0. The molecule has 0 amide bonds. The van der Waals surface area contributed by atoms with Crippen LogP contribution in [0.5, 0.6) is 0 Å². The van der Waals surface area contributed by atoms with Crippen LogP contribution in [0.2, 0.25) is 67.3 Å². The maximum atomic E-state index is 2.50. The molecule has 0 spiro atoms. The van der Waals surface area contributed by atoms with E-state index in [-0.39, 0.29) is 0 Å². The molecule has 0 saturated carbocycles. The third-order valence-corrected chi connectivity index (χ3v) is 27.2. The second-order valence-electron chi connectivity index (χ2n) is 10.2. The molecular formula is C18H46AlGaN2PSi2+. The summed E-state index contributed by atoms with van der Waals surface area (Å²) in [5, 5.41) is 0. The van der Waals surface area contributed by atoms with E-state index in [0.717, 1.165) is 14.2 Å². The monoisotopic (exact) mass is 473 g/mol. The second-order valence-corrected chi connectivity index (χ2v) is 44.0. The molecule has 0 saturated heterocycles. The fourth-order valence-electron chi connectivity index (χ4n) is 2.51. The summed E-state index contributed by atoms with van der Waals surface area (Å²) < 4.78 is 2.45. The van der Waals surface area contributed by atoms with E-state index in [0.29, 0.717) is 0 Å². The topological polar surface area (TPSA) is 6.48 Å². The molecule has 0 bridgehead atoms. The fraction of sp³-hybridized carbons (Fsp3) is 0.778. The quantitative estimate of drug-likeness (QED) is 0.367. The van der Waals surface area contributed by atoms with Gasteiger partial charge in [-0.15, -0.1) is 0 Å². The van der Waals surface area contributed by atoms with E-state index >= 15 is 0 Å². The number of allylic oxidation sites excluding steroid dienone is 1. The van der Waals surface area contributed by atoms with Gasteiger partial charge in [0.2, 0.25) is 15.5 Å². The molecule has 7 heteroatoms. The van der Waals surface area contributed by atoms with Gasteiger partial charge < -0.3 is 8.78 Å². The Hall–Kier alpha value is 1.11. The maximum absolute atomic E-state index is 2.50. The molecule has 0 N–H and O–H groups in total. The first-order valence-electron chi connectivity index (χ1n) is 9.73. The molecule has 0 unspecified atom stereocenters. The van der Waals surface area contributed by atoms with Crippen LogP contribution in [0.25, 0.3) is 0 Å². The molecule has 0 aromatic heterocycles. The molecule has 25 heavy (non-hydrogen) atoms. The first kappa shape index (κ1) is 28.3. The first-order chi connectivity index (χ1) is 11.0. The molecule has 0 aromatic carbocycles. The zero-order valence-corrected chi connectivity index (χ0v) is 26.3. The molecule has 1 aliphatic heterocycles. The van der Waals surface area contributed by atoms with Crippen molar-refractivity contribution < 1.29 is 0 Å². The van der Waals surface area contributed by atoms with Crippen LogP contribution >= 0.6 is 7.68 Å². The van der Waals surface area contributed by atoms with Crippen LogP contribution in [-0.4, -0.2) is 75.5 Å². The number of hydrogen-bond acceptors (Lipinski definition) is 2. The van der Waals surface area contributed by atoms with Gasteiger partial charge in [-0.25, -0.2) is 0 Å². The van der Waals surface area contributed by atoms with Crippen LogP contribution in [0, 0.1) is 0 Å². The van der Waals surface area contributed by atoms with Crippen molar-refractivity contribution in [1.82, 2.24) is 8.78 Å². The zero-order chi connectivity index (χ0) is 20.4. The van der Waals surface area contributed by atoms with Crippen LogP contribution in [0.1, 0.15) is 0 Å². The van der Waals surface area contributed by atoms with E-state index in [4.69, 9.17) is 0 Å². The Kier molecular flexibility index (Phi) is 15.1. The SMILES string of the molecule is CN(C)C1=CC[N]([Al]([CH3])[CH3])C=C1.C[Si](C)(C)[PH2+][Si](C)(C)C.[CH3][Ga]([CH3])[CH3]. The molecule has 0 atom stereocenters. The summed E-state index contributed by atoms with van der Waals surface area (Å²) in [5.74, 6) is 4.69. The van der Waals surface area contributed by atoms with Crippen molar-refractivity contribution in [2.75, 3.05) is 20.6 Å². The Morgan fingerprint density at radius 1 is 1.00 bits per heavy atom. The minimum absolute atomic E-state index is 0.479. The standard InChI is InChI=1S/C7H11N2.C6H20PSi2.5CH3.Al.Ga/c1-9(2)7-3-5-8-6-4-7;1-8(2,3)7-9(4,5)6;;;;;;;/h3-5H,6H2,1-2H3;7H2,1-6H3;5*1H3;;/q-1;+1;;;;;;+1;. The van der Waals surface area contributed by atoms with Crippen molar-refractivity contribution in [3.63, 3.8) is 0 Å². The van der Waals surface area contributed by atoms with E-state index < -0.39 is 46.1 Å². The molecule has 1 rings (SSSR count). The van der Waals surface area contributed by atoms with Crippen LogP contribution in [0.15, 0.2) is 24.0 Å². The molecule has 146 valence electrons. The zero-order valence-electron chi connectivity index (χ0n) is 19.6. The molecule has 0 aliphatic carbocycles. The fourth-order valence-corrected chi connectivity index (χ4v) is 37.2. The molecule has 0 radical (unpaired) electrons. The van der Waals surface area contributed by atoms with E-state index in [1.165, 1.54) is 5.70 Å². The van der Waals surface area contributed by atoms with E-state index in [9.17, 15) is 0 Å². The predicted molar refractivity (Wildman–Crippen MR) is 135 cm³/mol. The summed E-state index contributed by atoms with van der Waals surface area (Å²) >= 11 is -1.11. The van der Waals surface area contributed by atoms with Gasteiger partial charge in [-0.2, -0.15) is 0 Å². The normalized spacial score (nSPS) is 13.8.